The molecule has 3 aliphatic rings. The van der Waals surface area contributed by atoms with Gasteiger partial charge in [0.05, 0.1) is 18.8 Å². The summed E-state index contributed by atoms with van der Waals surface area (Å²) in [6, 6.07) is 0.476. The fraction of sp³-hybridized carbons (Fsp3) is 0.741. The van der Waals surface area contributed by atoms with Gasteiger partial charge in [-0.3, -0.25) is 4.90 Å². The van der Waals surface area contributed by atoms with Crippen molar-refractivity contribution in [3.8, 4) is 5.88 Å². The molecule has 1 unspecified atom stereocenters. The van der Waals surface area contributed by atoms with Crippen LogP contribution in [0.5, 0.6) is 5.88 Å². The number of aromatic nitrogens is 2. The van der Waals surface area contributed by atoms with Gasteiger partial charge in [-0.15, -0.1) is 0 Å². The van der Waals surface area contributed by atoms with Gasteiger partial charge in [0.1, 0.15) is 28.2 Å². The second kappa shape index (κ2) is 11.8. The van der Waals surface area contributed by atoms with Crippen molar-refractivity contribution < 1.29 is 50.9 Å². The van der Waals surface area contributed by atoms with Crippen molar-refractivity contribution in [1.82, 2.24) is 14.9 Å². The summed E-state index contributed by atoms with van der Waals surface area (Å²) in [5, 5.41) is 9.74. The van der Waals surface area contributed by atoms with E-state index in [1.165, 1.54) is 11.0 Å². The van der Waals surface area contributed by atoms with E-state index in [9.17, 15) is 36.6 Å². The molecule has 246 valence electrons. The summed E-state index contributed by atoms with van der Waals surface area (Å²) in [5.41, 5.74) is -5.07. The third kappa shape index (κ3) is 8.20. The Kier molecular flexibility index (Phi) is 9.07. The summed E-state index contributed by atoms with van der Waals surface area (Å²) in [7, 11) is 0. The average Bonchev–Trinajstić information content (AvgIpc) is 3.23. The number of alkyl halides is 5. The number of hydrogen-bond acceptors (Lipinski definition) is 10. The third-order valence-corrected chi connectivity index (χ3v) is 7.80. The van der Waals surface area contributed by atoms with Crippen molar-refractivity contribution in [3.05, 3.63) is 11.9 Å². The van der Waals surface area contributed by atoms with Crippen molar-refractivity contribution in [2.45, 2.75) is 108 Å². The number of anilines is 1. The normalized spacial score (nSPS) is 23.1. The van der Waals surface area contributed by atoms with Crippen LogP contribution in [0.15, 0.2) is 11.1 Å². The van der Waals surface area contributed by atoms with E-state index < -0.39 is 72.0 Å². The third-order valence-electron chi connectivity index (χ3n) is 6.71. The van der Waals surface area contributed by atoms with Crippen LogP contribution in [0, 0.1) is 0 Å². The second-order valence-electron chi connectivity index (χ2n) is 13.0. The molecule has 1 N–H and O–H groups in total. The predicted octanol–water partition coefficient (Wildman–Crippen LogP) is 5.54. The van der Waals surface area contributed by atoms with E-state index in [1.54, 1.807) is 41.5 Å². The van der Waals surface area contributed by atoms with Gasteiger partial charge in [0.15, 0.2) is 5.82 Å². The smallest absolute Gasteiger partial charge is 0.439 e. The summed E-state index contributed by atoms with van der Waals surface area (Å²) in [4.78, 5) is 40.2. The number of nitrogens with zero attached hydrogens (tertiary/aromatic N) is 5. The largest absolute Gasteiger partial charge is 0.470 e. The molecule has 4 rings (SSSR count). The predicted molar refractivity (Wildman–Crippen MR) is 150 cm³/mol. The molecule has 2 amide bonds. The van der Waals surface area contributed by atoms with Crippen LogP contribution in [0.1, 0.15) is 73.1 Å². The lowest BCUT2D eigenvalue weighted by atomic mass is 9.91. The van der Waals surface area contributed by atoms with Gasteiger partial charge < -0.3 is 24.2 Å². The van der Waals surface area contributed by atoms with E-state index in [1.807, 2.05) is 0 Å². The first kappa shape index (κ1) is 33.9. The molecule has 1 atom stereocenters. The zero-order valence-electron chi connectivity index (χ0n) is 25.2. The van der Waals surface area contributed by atoms with Crippen molar-refractivity contribution in [1.29, 1.82) is 0 Å². The van der Waals surface area contributed by atoms with E-state index in [4.69, 9.17) is 14.2 Å². The highest BCUT2D eigenvalue weighted by Gasteiger charge is 2.57. The minimum Gasteiger partial charge on any atom is -0.470 e. The van der Waals surface area contributed by atoms with Gasteiger partial charge in [-0.2, -0.15) is 18.2 Å². The van der Waals surface area contributed by atoms with Gasteiger partial charge in [0, 0.05) is 24.9 Å². The monoisotopic (exact) mass is 653 g/mol. The topological polar surface area (TPSA) is 127 Å². The maximum absolute atomic E-state index is 14.0. The van der Waals surface area contributed by atoms with Gasteiger partial charge in [-0.1, -0.05) is 11.8 Å². The molecular formula is C27H36F5N5O6S. The molecule has 0 aromatic carbocycles. The van der Waals surface area contributed by atoms with Crippen molar-refractivity contribution in [2.75, 3.05) is 23.7 Å². The quantitative estimate of drug-likeness (QED) is 0.408. The molecule has 11 nitrogen and oxygen atoms in total. The summed E-state index contributed by atoms with van der Waals surface area (Å²) in [6.07, 6.45) is -8.33. The molecule has 1 saturated carbocycles. The highest BCUT2D eigenvalue weighted by atomic mass is 32.2. The van der Waals surface area contributed by atoms with E-state index in [-0.39, 0.29) is 48.5 Å². The number of carbonyl (C=O) groups excluding carboxylic acids is 2. The van der Waals surface area contributed by atoms with Crippen molar-refractivity contribution in [3.63, 3.8) is 0 Å². The van der Waals surface area contributed by atoms with Gasteiger partial charge >= 0.3 is 18.4 Å². The summed E-state index contributed by atoms with van der Waals surface area (Å²) in [6.45, 7) is 10.2. The van der Waals surface area contributed by atoms with Gasteiger partial charge in [0.25, 0.3) is 5.72 Å². The molecule has 3 heterocycles. The number of hydrogen-bond donors (Lipinski definition) is 1. The zero-order valence-corrected chi connectivity index (χ0v) is 26.0. The van der Waals surface area contributed by atoms with Crippen LogP contribution in [0.4, 0.5) is 37.4 Å². The number of thioether (sulfide) groups is 1. The Bertz CT molecular complexity index is 1290. The number of likely N-dealkylation sites (tertiary alicyclic amines) is 1. The first-order chi connectivity index (χ1) is 20.0. The molecule has 1 saturated heterocycles. The lowest BCUT2D eigenvalue weighted by molar-refractivity contribution is -0.245. The standard InChI is InChI=1S/C27H36F5N5O6S/c1-23(2,3)42-21(38)36-12-16(13-36)41-18-11-17(33-19(34-18)20-35-26(40,14-44-20)27(30,31)32)37(22(39)43-24(4,5)6)15-7-9-25(28,29)10-8-15/h11,15-16,40H,7-10,12-14H2,1-6H3. The Labute approximate surface area is 255 Å². The maximum atomic E-state index is 14.0. The molecule has 1 aromatic rings. The summed E-state index contributed by atoms with van der Waals surface area (Å²) in [5.74, 6) is -4.47. The molecule has 2 aliphatic heterocycles. The van der Waals surface area contributed by atoms with E-state index in [2.05, 4.69) is 15.0 Å². The fourth-order valence-corrected chi connectivity index (χ4v) is 5.54. The molecule has 0 bridgehead atoms. The number of ether oxygens (including phenoxy) is 3. The van der Waals surface area contributed by atoms with Crippen LogP contribution in [-0.2, 0) is 9.47 Å². The highest BCUT2D eigenvalue weighted by Crippen LogP contribution is 2.41. The summed E-state index contributed by atoms with van der Waals surface area (Å²) < 4.78 is 85.4. The average molecular weight is 654 g/mol. The molecule has 1 aromatic heterocycles. The number of aliphatic hydroxyl groups is 1. The Morgan fingerprint density at radius 2 is 1.61 bits per heavy atom. The lowest BCUT2D eigenvalue weighted by Gasteiger charge is -2.39. The van der Waals surface area contributed by atoms with Gasteiger partial charge in [-0.05, 0) is 54.4 Å². The Morgan fingerprint density at radius 1 is 1.02 bits per heavy atom. The SMILES string of the molecule is CC(C)(C)OC(=O)N1CC(Oc2cc(N(C(=O)OC(C)(C)C)C3CCC(F)(F)CC3)nc(C3=NC(O)(C(F)(F)F)CS3)n2)C1. The first-order valence-electron chi connectivity index (χ1n) is 14.0. The van der Waals surface area contributed by atoms with Crippen molar-refractivity contribution >= 4 is 34.8 Å². The summed E-state index contributed by atoms with van der Waals surface area (Å²) >= 11 is 0.556. The molecule has 0 spiro atoms. The van der Waals surface area contributed by atoms with E-state index in [0.717, 1.165) is 4.90 Å². The van der Waals surface area contributed by atoms with E-state index >= 15 is 0 Å². The van der Waals surface area contributed by atoms with E-state index in [0.29, 0.717) is 11.8 Å². The van der Waals surface area contributed by atoms with Crippen LogP contribution in [0.3, 0.4) is 0 Å². The molecule has 17 heteroatoms. The van der Waals surface area contributed by atoms with Gasteiger partial charge in [-0.25, -0.2) is 28.3 Å². The Hall–Kier alpha value is -2.95. The Balaban J connectivity index is 1.69. The lowest BCUT2D eigenvalue weighted by Crippen LogP contribution is -2.57. The molecule has 0 radical (unpaired) electrons. The number of carbonyl (C=O) groups is 2. The van der Waals surface area contributed by atoms with Crippen LogP contribution in [-0.4, -0.2) is 97.2 Å². The van der Waals surface area contributed by atoms with Crippen LogP contribution in [0.25, 0.3) is 0 Å². The minimum atomic E-state index is -5.08. The minimum absolute atomic E-state index is 0.0984. The molecule has 1 aliphatic carbocycles. The zero-order chi connectivity index (χ0) is 32.9. The first-order valence-corrected chi connectivity index (χ1v) is 15.0. The van der Waals surface area contributed by atoms with Crippen LogP contribution >= 0.6 is 11.8 Å². The second-order valence-corrected chi connectivity index (χ2v) is 13.9. The number of rotatable bonds is 5. The Morgan fingerprint density at radius 3 is 2.14 bits per heavy atom. The fourth-order valence-electron chi connectivity index (χ4n) is 4.54. The van der Waals surface area contributed by atoms with Crippen LogP contribution < -0.4 is 9.64 Å². The molecule has 2 fully saturated rings. The van der Waals surface area contributed by atoms with Gasteiger partial charge in [0.2, 0.25) is 11.8 Å². The number of halogens is 5. The van der Waals surface area contributed by atoms with Crippen molar-refractivity contribution in [2.24, 2.45) is 4.99 Å². The number of amides is 2. The molecular weight excluding hydrogens is 617 g/mol. The van der Waals surface area contributed by atoms with Crippen LogP contribution in [0.2, 0.25) is 0 Å². The number of aliphatic imine (C=N–C) groups is 1. The highest BCUT2D eigenvalue weighted by molar-refractivity contribution is 8.14. The molecule has 44 heavy (non-hydrogen) atoms. The maximum Gasteiger partial charge on any atom is 0.439 e.